The first kappa shape index (κ1) is 21.3. The summed E-state index contributed by atoms with van der Waals surface area (Å²) in [7, 11) is 0. The fourth-order valence-electron chi connectivity index (χ4n) is 3.67. The molecule has 1 heterocycles. The Labute approximate surface area is 178 Å². The summed E-state index contributed by atoms with van der Waals surface area (Å²) in [4.78, 5) is 27.0. The number of carbonyl (C=O) groups excluding carboxylic acids is 2. The van der Waals surface area contributed by atoms with Crippen LogP contribution in [0.5, 0.6) is 0 Å². The molecule has 2 fully saturated rings. The summed E-state index contributed by atoms with van der Waals surface area (Å²) >= 11 is 0. The van der Waals surface area contributed by atoms with E-state index >= 15 is 0 Å². The number of aryl methyl sites for hydroxylation is 1. The van der Waals surface area contributed by atoms with Gasteiger partial charge in [-0.2, -0.15) is 0 Å². The molecule has 2 N–H and O–H groups in total. The average molecular weight is 414 g/mol. The molecule has 1 aliphatic heterocycles. The van der Waals surface area contributed by atoms with Crippen molar-refractivity contribution in [2.75, 3.05) is 25.0 Å². The fraction of sp³-hybridized carbons (Fsp3) is 0.391. The predicted octanol–water partition coefficient (Wildman–Crippen LogP) is 3.81. The van der Waals surface area contributed by atoms with Crippen molar-refractivity contribution >= 4 is 29.9 Å². The van der Waals surface area contributed by atoms with Crippen LogP contribution in [-0.4, -0.2) is 36.3 Å². The number of amides is 2. The first-order chi connectivity index (χ1) is 13.7. The first-order valence-electron chi connectivity index (χ1n) is 10.2. The molecule has 0 aromatic heterocycles. The lowest BCUT2D eigenvalue weighted by atomic mass is 10.00. The van der Waals surface area contributed by atoms with Gasteiger partial charge in [0.2, 0.25) is 5.91 Å². The van der Waals surface area contributed by atoms with E-state index in [1.807, 2.05) is 29.2 Å². The number of rotatable bonds is 5. The van der Waals surface area contributed by atoms with E-state index in [4.69, 9.17) is 0 Å². The van der Waals surface area contributed by atoms with Crippen molar-refractivity contribution in [3.05, 3.63) is 65.2 Å². The minimum atomic E-state index is 0. The Hall–Kier alpha value is -2.37. The van der Waals surface area contributed by atoms with Crippen molar-refractivity contribution in [2.24, 2.45) is 5.92 Å². The van der Waals surface area contributed by atoms with Gasteiger partial charge in [-0.1, -0.05) is 31.2 Å². The first-order valence-corrected chi connectivity index (χ1v) is 10.2. The number of piperazine rings is 1. The number of anilines is 1. The molecule has 5 nitrogen and oxygen atoms in total. The molecule has 154 valence electrons. The van der Waals surface area contributed by atoms with E-state index in [9.17, 15) is 9.59 Å². The van der Waals surface area contributed by atoms with Crippen LogP contribution >= 0.6 is 12.4 Å². The molecule has 0 bridgehead atoms. The summed E-state index contributed by atoms with van der Waals surface area (Å²) < 4.78 is 0. The maximum absolute atomic E-state index is 13.2. The quantitative estimate of drug-likeness (QED) is 0.783. The third-order valence-electron chi connectivity index (χ3n) is 5.62. The van der Waals surface area contributed by atoms with Gasteiger partial charge in [0.05, 0.1) is 6.04 Å². The molecule has 1 saturated heterocycles. The summed E-state index contributed by atoms with van der Waals surface area (Å²) in [5, 5.41) is 6.33. The van der Waals surface area contributed by atoms with Gasteiger partial charge in [0.15, 0.2) is 0 Å². The molecular formula is C23H28ClN3O2. The summed E-state index contributed by atoms with van der Waals surface area (Å²) in [5.74, 6) is 0.282. The zero-order valence-electron chi connectivity index (χ0n) is 16.7. The Morgan fingerprint density at radius 1 is 1.07 bits per heavy atom. The van der Waals surface area contributed by atoms with E-state index < -0.39 is 0 Å². The van der Waals surface area contributed by atoms with Crippen molar-refractivity contribution in [1.82, 2.24) is 10.2 Å². The minimum Gasteiger partial charge on any atom is -0.329 e. The summed E-state index contributed by atoms with van der Waals surface area (Å²) in [6, 6.07) is 15.8. The van der Waals surface area contributed by atoms with Crippen LogP contribution in [0.25, 0.3) is 0 Å². The highest BCUT2D eigenvalue weighted by atomic mass is 35.5. The van der Waals surface area contributed by atoms with Gasteiger partial charge in [-0.05, 0) is 54.7 Å². The molecule has 2 aromatic rings. The Balaban J connectivity index is 0.00000240. The number of nitrogens with zero attached hydrogens (tertiary/aromatic N) is 1. The molecule has 2 aromatic carbocycles. The molecule has 1 aliphatic carbocycles. The fourth-order valence-corrected chi connectivity index (χ4v) is 3.67. The van der Waals surface area contributed by atoms with Crippen LogP contribution in [0.15, 0.2) is 48.5 Å². The van der Waals surface area contributed by atoms with Crippen LogP contribution in [0.2, 0.25) is 0 Å². The van der Waals surface area contributed by atoms with Crippen molar-refractivity contribution < 1.29 is 9.59 Å². The van der Waals surface area contributed by atoms with E-state index in [0.717, 1.165) is 43.6 Å². The Kier molecular flexibility index (Phi) is 6.93. The normalized spacial score (nSPS) is 18.7. The lowest BCUT2D eigenvalue weighted by molar-refractivity contribution is -0.117. The summed E-state index contributed by atoms with van der Waals surface area (Å²) in [6.07, 6.45) is 2.97. The lowest BCUT2D eigenvalue weighted by Crippen LogP contribution is -2.48. The summed E-state index contributed by atoms with van der Waals surface area (Å²) in [5.41, 5.74) is 3.86. The topological polar surface area (TPSA) is 61.4 Å². The molecular weight excluding hydrogens is 386 g/mol. The Bertz CT molecular complexity index is 847. The van der Waals surface area contributed by atoms with Crippen molar-refractivity contribution in [3.63, 3.8) is 0 Å². The van der Waals surface area contributed by atoms with E-state index in [2.05, 4.69) is 41.8 Å². The Morgan fingerprint density at radius 3 is 2.38 bits per heavy atom. The molecule has 1 atom stereocenters. The largest absolute Gasteiger partial charge is 0.329 e. The number of hydrogen-bond donors (Lipinski definition) is 2. The number of halogens is 1. The molecule has 0 spiro atoms. The second kappa shape index (κ2) is 9.42. The zero-order chi connectivity index (χ0) is 19.5. The van der Waals surface area contributed by atoms with Gasteiger partial charge >= 0.3 is 0 Å². The molecule has 4 rings (SSSR count). The maximum atomic E-state index is 13.2. The van der Waals surface area contributed by atoms with Crippen LogP contribution in [0, 0.1) is 5.92 Å². The van der Waals surface area contributed by atoms with E-state index in [1.165, 1.54) is 5.56 Å². The molecule has 0 radical (unpaired) electrons. The highest BCUT2D eigenvalue weighted by Gasteiger charge is 2.30. The van der Waals surface area contributed by atoms with Crippen LogP contribution < -0.4 is 10.6 Å². The molecule has 2 amide bonds. The van der Waals surface area contributed by atoms with Gasteiger partial charge in [0.1, 0.15) is 0 Å². The van der Waals surface area contributed by atoms with Gasteiger partial charge in [-0.3, -0.25) is 9.59 Å². The SMILES string of the molecule is CCc1ccc(C2CNCCN2C(=O)c2ccc(NC(=O)C3CC3)cc2)cc1.Cl. The monoisotopic (exact) mass is 413 g/mol. The maximum Gasteiger partial charge on any atom is 0.254 e. The smallest absolute Gasteiger partial charge is 0.254 e. The van der Waals surface area contributed by atoms with Gasteiger partial charge in [0.25, 0.3) is 5.91 Å². The molecule has 2 aliphatic rings. The van der Waals surface area contributed by atoms with Crippen molar-refractivity contribution in [3.8, 4) is 0 Å². The van der Waals surface area contributed by atoms with Crippen LogP contribution in [-0.2, 0) is 11.2 Å². The van der Waals surface area contributed by atoms with E-state index in [0.29, 0.717) is 12.1 Å². The van der Waals surface area contributed by atoms with Gasteiger partial charge in [-0.15, -0.1) is 12.4 Å². The summed E-state index contributed by atoms with van der Waals surface area (Å²) in [6.45, 7) is 4.38. The van der Waals surface area contributed by atoms with Gasteiger partial charge in [-0.25, -0.2) is 0 Å². The third kappa shape index (κ3) is 4.98. The molecule has 6 heteroatoms. The van der Waals surface area contributed by atoms with E-state index in [1.54, 1.807) is 0 Å². The van der Waals surface area contributed by atoms with Gasteiger partial charge < -0.3 is 15.5 Å². The number of hydrogen-bond acceptors (Lipinski definition) is 3. The second-order valence-corrected chi connectivity index (χ2v) is 7.65. The van der Waals surface area contributed by atoms with Crippen molar-refractivity contribution in [1.29, 1.82) is 0 Å². The average Bonchev–Trinajstić information content (AvgIpc) is 3.59. The van der Waals surface area contributed by atoms with Crippen LogP contribution in [0.3, 0.4) is 0 Å². The predicted molar refractivity (Wildman–Crippen MR) is 118 cm³/mol. The third-order valence-corrected chi connectivity index (χ3v) is 5.62. The highest BCUT2D eigenvalue weighted by Crippen LogP contribution is 2.30. The highest BCUT2D eigenvalue weighted by molar-refractivity contribution is 5.97. The minimum absolute atomic E-state index is 0. The van der Waals surface area contributed by atoms with Crippen LogP contribution in [0.4, 0.5) is 5.69 Å². The molecule has 1 saturated carbocycles. The molecule has 1 unspecified atom stereocenters. The standard InChI is InChI=1S/C23H27N3O2.ClH/c1-2-16-3-5-17(6-4-16)21-15-24-13-14-26(21)23(28)19-9-11-20(12-10-19)25-22(27)18-7-8-18;/h3-6,9-12,18,21,24H,2,7-8,13-15H2,1H3,(H,25,27);1H. The number of carbonyl (C=O) groups is 2. The van der Waals surface area contributed by atoms with Crippen molar-refractivity contribution in [2.45, 2.75) is 32.2 Å². The van der Waals surface area contributed by atoms with Gasteiger partial charge in [0, 0.05) is 36.8 Å². The lowest BCUT2D eigenvalue weighted by Gasteiger charge is -2.36. The Morgan fingerprint density at radius 2 is 1.76 bits per heavy atom. The van der Waals surface area contributed by atoms with Crippen LogP contribution in [0.1, 0.15) is 47.3 Å². The second-order valence-electron chi connectivity index (χ2n) is 7.65. The number of benzene rings is 2. The number of nitrogens with one attached hydrogen (secondary N) is 2. The van der Waals surface area contributed by atoms with E-state index in [-0.39, 0.29) is 36.2 Å². The molecule has 29 heavy (non-hydrogen) atoms. The zero-order valence-corrected chi connectivity index (χ0v) is 17.5.